The molecule has 0 atom stereocenters. The molecule has 2 aromatic heterocycles. The number of halogens is 1. The summed E-state index contributed by atoms with van der Waals surface area (Å²) in [5.74, 6) is -0.367. The third kappa shape index (κ3) is 2.57. The van der Waals surface area contributed by atoms with Gasteiger partial charge in [0, 0.05) is 14.7 Å². The van der Waals surface area contributed by atoms with Gasteiger partial charge in [-0.2, -0.15) is 4.98 Å². The Balaban J connectivity index is 2.42. The Labute approximate surface area is 113 Å². The van der Waals surface area contributed by atoms with E-state index in [4.69, 9.17) is 5.73 Å². The molecule has 0 aliphatic heterocycles. The molecule has 0 aromatic carbocycles. The molecule has 94 valence electrons. The lowest BCUT2D eigenvalue weighted by atomic mass is 10.4. The standard InChI is InChI=1S/C9H7BrN4O3S/c10-5-1-6(18-4-5)2-13-3-7(14(16)17)8(11)12-9(13)15/h1,3-4H,2H2,(H2,11,12,15). The summed E-state index contributed by atoms with van der Waals surface area (Å²) in [6, 6.07) is 1.83. The Morgan fingerprint density at radius 2 is 2.33 bits per heavy atom. The molecule has 0 saturated carbocycles. The van der Waals surface area contributed by atoms with Gasteiger partial charge in [0.1, 0.15) is 0 Å². The van der Waals surface area contributed by atoms with Crippen molar-refractivity contribution in [2.24, 2.45) is 0 Å². The van der Waals surface area contributed by atoms with Gasteiger partial charge in [0.25, 0.3) is 0 Å². The van der Waals surface area contributed by atoms with Crippen LogP contribution >= 0.6 is 27.3 Å². The van der Waals surface area contributed by atoms with Crippen LogP contribution in [0.1, 0.15) is 4.88 Å². The average Bonchev–Trinajstić information content (AvgIpc) is 2.67. The molecule has 2 aromatic rings. The van der Waals surface area contributed by atoms with Crippen LogP contribution in [-0.2, 0) is 6.54 Å². The largest absolute Gasteiger partial charge is 0.378 e. The highest BCUT2D eigenvalue weighted by molar-refractivity contribution is 9.10. The summed E-state index contributed by atoms with van der Waals surface area (Å²) in [7, 11) is 0. The van der Waals surface area contributed by atoms with Gasteiger partial charge >= 0.3 is 11.4 Å². The number of thiophene rings is 1. The second-order valence-corrected chi connectivity index (χ2v) is 5.32. The average molecular weight is 331 g/mol. The fourth-order valence-electron chi connectivity index (χ4n) is 1.35. The summed E-state index contributed by atoms with van der Waals surface area (Å²) in [6.45, 7) is 0.225. The molecule has 0 aliphatic carbocycles. The van der Waals surface area contributed by atoms with E-state index in [9.17, 15) is 14.9 Å². The number of rotatable bonds is 3. The highest BCUT2D eigenvalue weighted by Gasteiger charge is 2.16. The predicted octanol–water partition coefficient (Wildman–Crippen LogP) is 1.61. The predicted molar refractivity (Wildman–Crippen MR) is 70.7 cm³/mol. The molecule has 0 saturated heterocycles. The van der Waals surface area contributed by atoms with Gasteiger partial charge in [-0.1, -0.05) is 0 Å². The minimum Gasteiger partial charge on any atom is -0.378 e. The van der Waals surface area contributed by atoms with Crippen molar-refractivity contribution in [2.75, 3.05) is 5.73 Å². The van der Waals surface area contributed by atoms with Gasteiger partial charge in [-0.25, -0.2) is 4.79 Å². The third-order valence-corrected chi connectivity index (χ3v) is 3.83. The molecule has 9 heteroatoms. The number of anilines is 1. The third-order valence-electron chi connectivity index (χ3n) is 2.15. The maximum atomic E-state index is 11.6. The molecular formula is C9H7BrN4O3S. The van der Waals surface area contributed by atoms with E-state index in [-0.39, 0.29) is 18.1 Å². The monoisotopic (exact) mass is 330 g/mol. The first-order chi connectivity index (χ1) is 8.47. The Kier molecular flexibility index (Phi) is 3.43. The van der Waals surface area contributed by atoms with Crippen LogP contribution in [-0.4, -0.2) is 14.5 Å². The summed E-state index contributed by atoms with van der Waals surface area (Å²) in [5, 5.41) is 12.6. The van der Waals surface area contributed by atoms with Crippen molar-refractivity contribution in [2.45, 2.75) is 6.54 Å². The lowest BCUT2D eigenvalue weighted by molar-refractivity contribution is -0.384. The van der Waals surface area contributed by atoms with Gasteiger partial charge in [0.2, 0.25) is 5.82 Å². The smallest absolute Gasteiger partial charge is 0.350 e. The van der Waals surface area contributed by atoms with Crippen LogP contribution in [0, 0.1) is 10.1 Å². The van der Waals surface area contributed by atoms with E-state index in [1.54, 1.807) is 0 Å². The van der Waals surface area contributed by atoms with Crippen LogP contribution in [0.4, 0.5) is 11.5 Å². The SMILES string of the molecule is Nc1nc(=O)n(Cc2cc(Br)cs2)cc1[N+](=O)[O-]. The Morgan fingerprint density at radius 3 is 2.89 bits per heavy atom. The second kappa shape index (κ2) is 4.86. The van der Waals surface area contributed by atoms with Crippen molar-refractivity contribution in [3.63, 3.8) is 0 Å². The van der Waals surface area contributed by atoms with Crippen LogP contribution in [0.15, 0.2) is 26.9 Å². The molecule has 7 nitrogen and oxygen atoms in total. The van der Waals surface area contributed by atoms with Crippen LogP contribution in [0.5, 0.6) is 0 Å². The van der Waals surface area contributed by atoms with Gasteiger partial charge in [-0.15, -0.1) is 11.3 Å². The normalized spacial score (nSPS) is 10.5. The van der Waals surface area contributed by atoms with E-state index < -0.39 is 10.6 Å². The molecular weight excluding hydrogens is 324 g/mol. The lowest BCUT2D eigenvalue weighted by Gasteiger charge is -2.03. The molecule has 18 heavy (non-hydrogen) atoms. The van der Waals surface area contributed by atoms with E-state index in [2.05, 4.69) is 20.9 Å². The zero-order valence-electron chi connectivity index (χ0n) is 8.87. The number of nitro groups is 1. The molecule has 0 radical (unpaired) electrons. The Hall–Kier alpha value is -1.74. The minimum atomic E-state index is -0.664. The van der Waals surface area contributed by atoms with Crippen molar-refractivity contribution in [3.8, 4) is 0 Å². The topological polar surface area (TPSA) is 104 Å². The van der Waals surface area contributed by atoms with Gasteiger partial charge in [0.05, 0.1) is 17.7 Å². The van der Waals surface area contributed by atoms with E-state index in [1.807, 2.05) is 11.4 Å². The lowest BCUT2D eigenvalue weighted by Crippen LogP contribution is -2.24. The van der Waals surface area contributed by atoms with Crippen molar-refractivity contribution < 1.29 is 4.92 Å². The summed E-state index contributed by atoms with van der Waals surface area (Å²) in [5.41, 5.74) is 4.34. The molecule has 0 amide bonds. The Morgan fingerprint density at radius 1 is 1.61 bits per heavy atom. The van der Waals surface area contributed by atoms with Crippen molar-refractivity contribution in [1.82, 2.24) is 9.55 Å². The quantitative estimate of drug-likeness (QED) is 0.679. The summed E-state index contributed by atoms with van der Waals surface area (Å²) in [4.78, 5) is 25.9. The van der Waals surface area contributed by atoms with Crippen molar-refractivity contribution in [3.05, 3.63) is 47.6 Å². The molecule has 0 spiro atoms. The molecule has 0 fully saturated rings. The number of aromatic nitrogens is 2. The van der Waals surface area contributed by atoms with Crippen molar-refractivity contribution >= 4 is 38.8 Å². The fraction of sp³-hybridized carbons (Fsp3) is 0.111. The number of hydrogen-bond donors (Lipinski definition) is 1. The van der Waals surface area contributed by atoms with Crippen molar-refractivity contribution in [1.29, 1.82) is 0 Å². The number of nitrogen functional groups attached to an aromatic ring is 1. The summed E-state index contributed by atoms with van der Waals surface area (Å²) < 4.78 is 2.06. The number of nitrogens with two attached hydrogens (primary N) is 1. The zero-order chi connectivity index (χ0) is 13.3. The number of hydrogen-bond acceptors (Lipinski definition) is 6. The molecule has 0 bridgehead atoms. The van der Waals surface area contributed by atoms with Crippen LogP contribution in [0.3, 0.4) is 0 Å². The molecule has 2 rings (SSSR count). The number of nitrogens with zero attached hydrogens (tertiary/aromatic N) is 3. The van der Waals surface area contributed by atoms with Gasteiger partial charge in [-0.3, -0.25) is 14.7 Å². The van der Waals surface area contributed by atoms with E-state index in [0.29, 0.717) is 0 Å². The first-order valence-electron chi connectivity index (χ1n) is 4.71. The maximum absolute atomic E-state index is 11.6. The second-order valence-electron chi connectivity index (χ2n) is 3.41. The first-order valence-corrected chi connectivity index (χ1v) is 6.39. The van der Waals surface area contributed by atoms with Gasteiger partial charge in [-0.05, 0) is 22.0 Å². The molecule has 2 heterocycles. The summed E-state index contributed by atoms with van der Waals surface area (Å²) in [6.07, 6.45) is 1.11. The first kappa shape index (κ1) is 12.7. The minimum absolute atomic E-state index is 0.225. The molecule has 0 aliphatic rings. The zero-order valence-corrected chi connectivity index (χ0v) is 11.3. The highest BCUT2D eigenvalue weighted by atomic mass is 79.9. The summed E-state index contributed by atoms with van der Waals surface area (Å²) >= 11 is 4.73. The van der Waals surface area contributed by atoms with Crippen LogP contribution in [0.2, 0.25) is 0 Å². The molecule has 2 N–H and O–H groups in total. The maximum Gasteiger partial charge on any atom is 0.350 e. The Bertz CT molecular complexity index is 666. The van der Waals surface area contributed by atoms with Gasteiger partial charge < -0.3 is 5.73 Å². The fourth-order valence-corrected chi connectivity index (χ4v) is 2.80. The van der Waals surface area contributed by atoms with Crippen LogP contribution in [0.25, 0.3) is 0 Å². The molecule has 0 unspecified atom stereocenters. The van der Waals surface area contributed by atoms with Gasteiger partial charge in [0.15, 0.2) is 0 Å². The van der Waals surface area contributed by atoms with E-state index in [0.717, 1.165) is 20.1 Å². The highest BCUT2D eigenvalue weighted by Crippen LogP contribution is 2.21. The van der Waals surface area contributed by atoms with Crippen LogP contribution < -0.4 is 11.4 Å². The van der Waals surface area contributed by atoms with E-state index in [1.165, 1.54) is 11.3 Å². The van der Waals surface area contributed by atoms with E-state index >= 15 is 0 Å².